The van der Waals surface area contributed by atoms with E-state index < -0.39 is 6.04 Å². The molecule has 0 aliphatic carbocycles. The molecule has 0 saturated carbocycles. The summed E-state index contributed by atoms with van der Waals surface area (Å²) in [6.45, 7) is 4.72. The maximum Gasteiger partial charge on any atom is 0.251 e. The van der Waals surface area contributed by atoms with Gasteiger partial charge in [0.15, 0.2) is 0 Å². The normalized spacial score (nSPS) is 18.0. The van der Waals surface area contributed by atoms with Crippen molar-refractivity contribution in [3.63, 3.8) is 0 Å². The van der Waals surface area contributed by atoms with E-state index in [0.717, 1.165) is 18.6 Å². The highest BCUT2D eigenvalue weighted by molar-refractivity contribution is 6.22. The molecular weight excluding hydrogens is 340 g/mol. The predicted molar refractivity (Wildman–Crippen MR) is 106 cm³/mol. The van der Waals surface area contributed by atoms with E-state index in [-0.39, 0.29) is 24.3 Å². The molecular formula is C22H26N2O3. The van der Waals surface area contributed by atoms with Gasteiger partial charge < -0.3 is 10.1 Å². The number of rotatable bonds is 8. The molecule has 0 aromatic heterocycles. The minimum absolute atomic E-state index is 0.0962. The van der Waals surface area contributed by atoms with Crippen molar-refractivity contribution < 1.29 is 14.3 Å². The van der Waals surface area contributed by atoms with E-state index in [1.54, 1.807) is 24.3 Å². The Labute approximate surface area is 160 Å². The van der Waals surface area contributed by atoms with Crippen molar-refractivity contribution in [2.24, 2.45) is 0 Å². The van der Waals surface area contributed by atoms with Gasteiger partial charge in [0.2, 0.25) is 5.91 Å². The number of carbonyl (C=O) groups excluding carboxylic acids is 2. The number of nitrogens with zero attached hydrogens (tertiary/aromatic N) is 1. The lowest BCUT2D eigenvalue weighted by Gasteiger charge is -2.19. The smallest absolute Gasteiger partial charge is 0.251 e. The second-order valence-corrected chi connectivity index (χ2v) is 6.92. The first-order valence-corrected chi connectivity index (χ1v) is 9.48. The largest absolute Gasteiger partial charge is 0.494 e. The Kier molecular flexibility index (Phi) is 6.24. The topological polar surface area (TPSA) is 58.6 Å². The van der Waals surface area contributed by atoms with Crippen LogP contribution in [0.4, 0.5) is 5.69 Å². The van der Waals surface area contributed by atoms with E-state index in [1.165, 1.54) is 10.5 Å². The maximum atomic E-state index is 12.8. The van der Waals surface area contributed by atoms with Crippen molar-refractivity contribution in [1.29, 1.82) is 0 Å². The van der Waals surface area contributed by atoms with Crippen LogP contribution in [0.1, 0.15) is 32.3 Å². The molecule has 1 aliphatic rings. The third-order valence-electron chi connectivity index (χ3n) is 4.58. The number of amides is 2. The van der Waals surface area contributed by atoms with E-state index in [2.05, 4.69) is 17.4 Å². The van der Waals surface area contributed by atoms with Gasteiger partial charge in [-0.25, -0.2) is 4.90 Å². The summed E-state index contributed by atoms with van der Waals surface area (Å²) in [5.41, 5.74) is 1.79. The van der Waals surface area contributed by atoms with Crippen LogP contribution in [-0.2, 0) is 16.0 Å². The SMILES string of the molecule is CCCOc1ccc(N2C(=O)CC(NC(C)Cc3ccccc3)C2=O)cc1. The van der Waals surface area contributed by atoms with E-state index >= 15 is 0 Å². The molecule has 2 amide bonds. The number of carbonyl (C=O) groups is 2. The fourth-order valence-electron chi connectivity index (χ4n) is 3.31. The summed E-state index contributed by atoms with van der Waals surface area (Å²) in [5.74, 6) is 0.375. The van der Waals surface area contributed by atoms with Crippen LogP contribution in [0.25, 0.3) is 0 Å². The standard InChI is InChI=1S/C22H26N2O3/c1-3-13-27-19-11-9-18(10-12-19)24-21(25)15-20(22(24)26)23-16(2)14-17-7-5-4-6-8-17/h4-12,16,20,23H,3,13-15H2,1-2H3. The number of anilines is 1. The lowest BCUT2D eigenvalue weighted by molar-refractivity contribution is -0.121. The summed E-state index contributed by atoms with van der Waals surface area (Å²) in [5, 5.41) is 3.31. The van der Waals surface area contributed by atoms with Gasteiger partial charge in [-0.1, -0.05) is 37.3 Å². The molecule has 0 spiro atoms. The van der Waals surface area contributed by atoms with Crippen molar-refractivity contribution in [3.8, 4) is 5.75 Å². The van der Waals surface area contributed by atoms with E-state index in [4.69, 9.17) is 4.74 Å². The van der Waals surface area contributed by atoms with Gasteiger partial charge in [-0.2, -0.15) is 0 Å². The minimum Gasteiger partial charge on any atom is -0.494 e. The van der Waals surface area contributed by atoms with Crippen molar-refractivity contribution in [1.82, 2.24) is 5.32 Å². The Hall–Kier alpha value is -2.66. The monoisotopic (exact) mass is 366 g/mol. The number of imide groups is 1. The third kappa shape index (κ3) is 4.74. The average molecular weight is 366 g/mol. The van der Waals surface area contributed by atoms with Gasteiger partial charge in [-0.15, -0.1) is 0 Å². The van der Waals surface area contributed by atoms with Crippen LogP contribution in [0.5, 0.6) is 5.75 Å². The first kappa shape index (κ1) is 19.1. The maximum absolute atomic E-state index is 12.8. The second-order valence-electron chi connectivity index (χ2n) is 6.92. The van der Waals surface area contributed by atoms with Crippen LogP contribution in [0.2, 0.25) is 0 Å². The molecule has 2 aromatic rings. The van der Waals surface area contributed by atoms with Crippen molar-refractivity contribution in [3.05, 3.63) is 60.2 Å². The van der Waals surface area contributed by atoms with Crippen LogP contribution in [0, 0.1) is 0 Å². The molecule has 1 saturated heterocycles. The van der Waals surface area contributed by atoms with Gasteiger partial charge >= 0.3 is 0 Å². The molecule has 0 radical (unpaired) electrons. The van der Waals surface area contributed by atoms with Crippen molar-refractivity contribution in [2.45, 2.75) is 45.2 Å². The fraction of sp³-hybridized carbons (Fsp3) is 0.364. The highest BCUT2D eigenvalue weighted by Crippen LogP contribution is 2.25. The summed E-state index contributed by atoms with van der Waals surface area (Å²) in [4.78, 5) is 26.5. The van der Waals surface area contributed by atoms with Crippen molar-refractivity contribution in [2.75, 3.05) is 11.5 Å². The van der Waals surface area contributed by atoms with Crippen LogP contribution >= 0.6 is 0 Å². The second kappa shape index (κ2) is 8.82. The highest BCUT2D eigenvalue weighted by Gasteiger charge is 2.39. The molecule has 3 rings (SSSR count). The zero-order chi connectivity index (χ0) is 19.2. The Morgan fingerprint density at radius 3 is 2.48 bits per heavy atom. The molecule has 1 fully saturated rings. The number of ether oxygens (including phenoxy) is 1. The van der Waals surface area contributed by atoms with Crippen LogP contribution < -0.4 is 15.0 Å². The summed E-state index contributed by atoms with van der Waals surface area (Å²) >= 11 is 0. The number of nitrogens with one attached hydrogen (secondary N) is 1. The van der Waals surface area contributed by atoms with Crippen LogP contribution in [0.15, 0.2) is 54.6 Å². The number of hydrogen-bond donors (Lipinski definition) is 1. The predicted octanol–water partition coefficient (Wildman–Crippen LogP) is 3.33. The number of benzene rings is 2. The Morgan fingerprint density at radius 1 is 1.11 bits per heavy atom. The number of hydrogen-bond acceptors (Lipinski definition) is 4. The molecule has 0 bridgehead atoms. The molecule has 27 heavy (non-hydrogen) atoms. The van der Waals surface area contributed by atoms with E-state index in [1.807, 2.05) is 32.0 Å². The zero-order valence-corrected chi connectivity index (χ0v) is 15.9. The zero-order valence-electron chi connectivity index (χ0n) is 15.9. The summed E-state index contributed by atoms with van der Waals surface area (Å²) in [6.07, 6.45) is 1.92. The average Bonchev–Trinajstić information content (AvgIpc) is 2.94. The lowest BCUT2D eigenvalue weighted by Crippen LogP contribution is -2.43. The molecule has 2 unspecified atom stereocenters. The third-order valence-corrected chi connectivity index (χ3v) is 4.58. The van der Waals surface area contributed by atoms with Gasteiger partial charge in [0.05, 0.1) is 24.8 Å². The molecule has 1 N–H and O–H groups in total. The summed E-state index contributed by atoms with van der Waals surface area (Å²) < 4.78 is 5.56. The Morgan fingerprint density at radius 2 is 1.81 bits per heavy atom. The van der Waals surface area contributed by atoms with Gasteiger partial charge in [0.25, 0.3) is 5.91 Å². The lowest BCUT2D eigenvalue weighted by atomic mass is 10.1. The molecule has 2 aromatic carbocycles. The first-order chi connectivity index (χ1) is 13.1. The van der Waals surface area contributed by atoms with Gasteiger partial charge in [-0.3, -0.25) is 9.59 Å². The van der Waals surface area contributed by atoms with Crippen LogP contribution in [0.3, 0.4) is 0 Å². The molecule has 142 valence electrons. The Balaban J connectivity index is 1.62. The molecule has 5 heteroatoms. The molecule has 1 aliphatic heterocycles. The van der Waals surface area contributed by atoms with Gasteiger partial charge in [-0.05, 0) is 49.6 Å². The van der Waals surface area contributed by atoms with Crippen LogP contribution in [-0.4, -0.2) is 30.5 Å². The summed E-state index contributed by atoms with van der Waals surface area (Å²) in [6, 6.07) is 16.8. The van der Waals surface area contributed by atoms with Gasteiger partial charge in [0, 0.05) is 6.04 Å². The quantitative estimate of drug-likeness (QED) is 0.728. The fourth-order valence-corrected chi connectivity index (χ4v) is 3.31. The highest BCUT2D eigenvalue weighted by atomic mass is 16.5. The minimum atomic E-state index is -0.479. The van der Waals surface area contributed by atoms with E-state index in [9.17, 15) is 9.59 Å². The molecule has 5 nitrogen and oxygen atoms in total. The Bertz CT molecular complexity index is 774. The molecule has 1 heterocycles. The van der Waals surface area contributed by atoms with Crippen molar-refractivity contribution >= 4 is 17.5 Å². The molecule has 2 atom stereocenters. The van der Waals surface area contributed by atoms with Gasteiger partial charge in [0.1, 0.15) is 5.75 Å². The first-order valence-electron chi connectivity index (χ1n) is 9.48. The van der Waals surface area contributed by atoms with E-state index in [0.29, 0.717) is 12.3 Å². The summed E-state index contributed by atoms with van der Waals surface area (Å²) in [7, 11) is 0.